The van der Waals surface area contributed by atoms with Gasteiger partial charge in [-0.25, -0.2) is 9.37 Å². The molecule has 0 spiro atoms. The molecule has 0 saturated heterocycles. The van der Waals surface area contributed by atoms with Gasteiger partial charge in [0.15, 0.2) is 0 Å². The summed E-state index contributed by atoms with van der Waals surface area (Å²) in [4.78, 5) is 28.7. The molecule has 0 N–H and O–H groups in total. The average molecular weight is 423 g/mol. The number of ketones is 1. The van der Waals surface area contributed by atoms with E-state index in [1.54, 1.807) is 18.6 Å². The Bertz CT molecular complexity index is 1030. The molecule has 162 valence electrons. The summed E-state index contributed by atoms with van der Waals surface area (Å²) in [5, 5.41) is 0. The number of benzene rings is 1. The molecular weight excluding hydrogens is 395 g/mol. The van der Waals surface area contributed by atoms with Crippen LogP contribution in [0.15, 0.2) is 30.7 Å². The van der Waals surface area contributed by atoms with Crippen molar-refractivity contribution in [1.29, 1.82) is 0 Å². The second kappa shape index (κ2) is 7.09. The molecule has 7 rings (SSSR count). The highest BCUT2D eigenvalue weighted by molar-refractivity contribution is 5.87. The predicted molar refractivity (Wildman–Crippen MR) is 112 cm³/mol. The van der Waals surface area contributed by atoms with E-state index < -0.39 is 0 Å². The third-order valence-corrected chi connectivity index (χ3v) is 8.60. The minimum absolute atomic E-state index is 0.156. The van der Waals surface area contributed by atoms with Crippen LogP contribution in [-0.2, 0) is 14.3 Å². The highest BCUT2D eigenvalue weighted by Gasteiger charge is 2.58. The molecule has 6 heteroatoms. The molecule has 5 nitrogen and oxygen atoms in total. The van der Waals surface area contributed by atoms with Crippen LogP contribution in [0.4, 0.5) is 4.39 Å². The van der Waals surface area contributed by atoms with Gasteiger partial charge in [0, 0.05) is 23.0 Å². The molecule has 2 aromatic rings. The van der Waals surface area contributed by atoms with Gasteiger partial charge < -0.3 is 14.1 Å². The summed E-state index contributed by atoms with van der Waals surface area (Å²) in [5.74, 6) is 2.12. The highest BCUT2D eigenvalue weighted by atomic mass is 19.1. The molecule has 3 atom stereocenters. The van der Waals surface area contributed by atoms with Gasteiger partial charge >= 0.3 is 0 Å². The van der Waals surface area contributed by atoms with E-state index in [1.165, 1.54) is 18.9 Å². The van der Waals surface area contributed by atoms with Crippen LogP contribution >= 0.6 is 0 Å². The van der Waals surface area contributed by atoms with Crippen LogP contribution in [0, 0.1) is 34.9 Å². The fraction of sp³-hybridized carbons (Fsp3) is 0.560. The lowest BCUT2D eigenvalue weighted by molar-refractivity contribution is -0.156. The minimum Gasteiger partial charge on any atom is -0.374 e. The van der Waals surface area contributed by atoms with Crippen molar-refractivity contribution in [3.63, 3.8) is 0 Å². The Labute approximate surface area is 181 Å². The maximum Gasteiger partial charge on any atom is 0.145 e. The fourth-order valence-electron chi connectivity index (χ4n) is 7.59. The van der Waals surface area contributed by atoms with Crippen LogP contribution in [-0.4, -0.2) is 34.8 Å². The number of hydrogen-bond acceptors (Lipinski definition) is 4. The van der Waals surface area contributed by atoms with Crippen molar-refractivity contribution in [1.82, 2.24) is 9.55 Å². The van der Waals surface area contributed by atoms with Crippen molar-refractivity contribution in [3.05, 3.63) is 42.1 Å². The van der Waals surface area contributed by atoms with E-state index in [9.17, 15) is 14.0 Å². The molecule has 4 fully saturated rings. The number of rotatable bonds is 7. The van der Waals surface area contributed by atoms with E-state index in [4.69, 9.17) is 4.74 Å². The first kappa shape index (κ1) is 19.4. The third-order valence-electron chi connectivity index (χ3n) is 8.60. The van der Waals surface area contributed by atoms with E-state index in [0.717, 1.165) is 36.8 Å². The Morgan fingerprint density at radius 1 is 1.26 bits per heavy atom. The number of halogens is 1. The third kappa shape index (κ3) is 2.87. The van der Waals surface area contributed by atoms with E-state index in [0.29, 0.717) is 48.0 Å². The van der Waals surface area contributed by atoms with Gasteiger partial charge in [0.1, 0.15) is 24.5 Å². The Hall–Kier alpha value is -2.34. The Balaban J connectivity index is 1.26. The molecule has 4 aliphatic carbocycles. The van der Waals surface area contributed by atoms with Crippen molar-refractivity contribution in [2.24, 2.45) is 29.1 Å². The van der Waals surface area contributed by atoms with Gasteiger partial charge in [-0.1, -0.05) is 12.1 Å². The zero-order valence-electron chi connectivity index (χ0n) is 17.5. The molecule has 3 unspecified atom stereocenters. The molecule has 31 heavy (non-hydrogen) atoms. The molecule has 4 bridgehead atoms. The van der Waals surface area contributed by atoms with Crippen LogP contribution < -0.4 is 0 Å². The van der Waals surface area contributed by atoms with Crippen molar-refractivity contribution in [3.8, 4) is 11.3 Å². The number of fused-ring (bicyclic) bond motifs is 3. The molecule has 1 aromatic carbocycles. The van der Waals surface area contributed by atoms with Gasteiger partial charge in [0.2, 0.25) is 0 Å². The van der Waals surface area contributed by atoms with Gasteiger partial charge in [0.25, 0.3) is 0 Å². The average Bonchev–Trinajstić information content (AvgIpc) is 3.33. The van der Waals surface area contributed by atoms with E-state index in [-0.39, 0.29) is 23.9 Å². The molecule has 4 saturated carbocycles. The molecule has 5 aliphatic rings. The number of ether oxygens (including phenoxy) is 1. The largest absolute Gasteiger partial charge is 0.374 e. The number of nitrogens with zero attached hydrogens (tertiary/aromatic N) is 2. The number of carbonyl (C=O) groups excluding carboxylic acids is 2. The summed E-state index contributed by atoms with van der Waals surface area (Å²) in [7, 11) is 0. The van der Waals surface area contributed by atoms with Crippen LogP contribution in [0.5, 0.6) is 0 Å². The lowest BCUT2D eigenvalue weighted by Crippen LogP contribution is -2.55. The van der Waals surface area contributed by atoms with Gasteiger partial charge in [0.05, 0.1) is 30.9 Å². The maximum absolute atomic E-state index is 14.8. The first-order chi connectivity index (χ1) is 15.1. The van der Waals surface area contributed by atoms with Crippen molar-refractivity contribution in [2.75, 3.05) is 13.2 Å². The van der Waals surface area contributed by atoms with Crippen LogP contribution in [0.25, 0.3) is 11.3 Å². The first-order valence-electron chi connectivity index (χ1n) is 11.4. The molecular formula is C25H27FN2O3. The van der Waals surface area contributed by atoms with Crippen molar-refractivity contribution in [2.45, 2.75) is 44.6 Å². The molecule has 2 heterocycles. The summed E-state index contributed by atoms with van der Waals surface area (Å²) in [6, 6.07) is 4.83. The number of aromatic nitrogens is 2. The number of imidazole rings is 1. The second-order valence-corrected chi connectivity index (χ2v) is 10.1. The quantitative estimate of drug-likeness (QED) is 0.495. The zero-order valence-corrected chi connectivity index (χ0v) is 17.5. The first-order valence-corrected chi connectivity index (χ1v) is 11.4. The second-order valence-electron chi connectivity index (χ2n) is 10.1. The monoisotopic (exact) mass is 422 g/mol. The molecule has 0 radical (unpaired) electrons. The van der Waals surface area contributed by atoms with E-state index in [1.807, 2.05) is 10.6 Å². The summed E-state index contributed by atoms with van der Waals surface area (Å²) in [6.07, 6.45) is 9.79. The summed E-state index contributed by atoms with van der Waals surface area (Å²) < 4.78 is 22.4. The smallest absolute Gasteiger partial charge is 0.145 e. The molecule has 1 aliphatic heterocycles. The number of carbonyl (C=O) groups is 2. The Morgan fingerprint density at radius 3 is 2.84 bits per heavy atom. The lowest BCUT2D eigenvalue weighted by atomic mass is 9.45. The van der Waals surface area contributed by atoms with Crippen molar-refractivity contribution < 1.29 is 18.7 Å². The summed E-state index contributed by atoms with van der Waals surface area (Å²) in [6.45, 7) is 0.786. The maximum atomic E-state index is 14.8. The highest BCUT2D eigenvalue weighted by Crippen LogP contribution is 2.63. The van der Waals surface area contributed by atoms with E-state index >= 15 is 0 Å². The minimum atomic E-state index is -0.305. The molecule has 0 amide bonds. The summed E-state index contributed by atoms with van der Waals surface area (Å²) >= 11 is 0. The van der Waals surface area contributed by atoms with Gasteiger partial charge in [-0.05, 0) is 61.8 Å². The lowest BCUT2D eigenvalue weighted by Gasteiger charge is -2.59. The molecule has 1 aromatic heterocycles. The summed E-state index contributed by atoms with van der Waals surface area (Å²) in [5.41, 5.74) is 2.11. The van der Waals surface area contributed by atoms with Gasteiger partial charge in [-0.3, -0.25) is 4.79 Å². The van der Waals surface area contributed by atoms with Gasteiger partial charge in [-0.2, -0.15) is 0 Å². The fourth-order valence-corrected chi connectivity index (χ4v) is 7.59. The number of aldehydes is 1. The van der Waals surface area contributed by atoms with E-state index in [2.05, 4.69) is 4.98 Å². The number of hydrogen-bond donors (Lipinski definition) is 0. The van der Waals surface area contributed by atoms with Crippen LogP contribution in [0.3, 0.4) is 0 Å². The topological polar surface area (TPSA) is 61.2 Å². The van der Waals surface area contributed by atoms with Crippen LogP contribution in [0.1, 0.15) is 50.1 Å². The predicted octanol–water partition coefficient (Wildman–Crippen LogP) is 4.21. The zero-order chi connectivity index (χ0) is 21.2. The normalized spacial score (nSPS) is 34.5. The van der Waals surface area contributed by atoms with Gasteiger partial charge in [-0.15, -0.1) is 0 Å². The van der Waals surface area contributed by atoms with Crippen LogP contribution in [0.2, 0.25) is 0 Å². The Morgan fingerprint density at radius 2 is 2.06 bits per heavy atom. The Kier molecular flexibility index (Phi) is 4.43. The van der Waals surface area contributed by atoms with Crippen molar-refractivity contribution >= 4 is 12.1 Å². The number of Topliss-reactive ketones (excluding diaryl/α,β-unsaturated/α-hetero) is 1. The SMILES string of the molecule is O=CCOCC1C2CC3CC1CC(C(=O)CC1c4c(F)cccc4-c4cncn41)(C3)C2. The standard InChI is InChI=1S/C25H27FN2O3/c26-20-3-1-2-18-22-12-27-14-28(22)21(24(18)20)8-23(30)25-9-15-6-16(10-25)19(13-31-5-4-29)17(7-15)11-25/h1-4,12,14-17,19,21H,5-11,13H2.